The third-order valence-corrected chi connectivity index (χ3v) is 12.0. The molecule has 0 aliphatic carbocycles. The minimum Gasteiger partial charge on any atom is -0.481 e. The molecule has 6 unspecified atom stereocenters. The molecule has 0 bridgehead atoms. The molecule has 3 aromatic carbocycles. The van der Waals surface area contributed by atoms with E-state index in [1.807, 2.05) is 77.7 Å². The second-order valence-electron chi connectivity index (χ2n) is 16.0. The van der Waals surface area contributed by atoms with Gasteiger partial charge in [-0.2, -0.15) is 0 Å². The summed E-state index contributed by atoms with van der Waals surface area (Å²) in [7, 11) is 0. The topological polar surface area (TPSA) is 180 Å². The van der Waals surface area contributed by atoms with Gasteiger partial charge in [0.05, 0.1) is 24.2 Å². The maximum absolute atomic E-state index is 14.2. The molecule has 7 N–H and O–H groups in total. The molecular weight excluding hydrogens is 711 g/mol. The number of aliphatic carboxylic acids is 3. The van der Waals surface area contributed by atoms with Crippen LogP contribution < -0.4 is 21.3 Å². The summed E-state index contributed by atoms with van der Waals surface area (Å²) in [5.41, 5.74) is 5.35. The lowest BCUT2D eigenvalue weighted by Crippen LogP contribution is -2.35. The highest BCUT2D eigenvalue weighted by atomic mass is 16.4. The Morgan fingerprint density at radius 3 is 1.50 bits per heavy atom. The first-order valence-electron chi connectivity index (χ1n) is 20.2. The number of carbonyl (C=O) groups excluding carboxylic acids is 1. The zero-order valence-corrected chi connectivity index (χ0v) is 32.1. The number of carboxylic acids is 3. The van der Waals surface area contributed by atoms with Crippen LogP contribution in [0.2, 0.25) is 0 Å². The third-order valence-electron chi connectivity index (χ3n) is 12.0. The van der Waals surface area contributed by atoms with Gasteiger partial charge in [0.25, 0.3) is 0 Å². The molecule has 0 radical (unpaired) electrons. The quantitative estimate of drug-likeness (QED) is 0.0886. The van der Waals surface area contributed by atoms with Gasteiger partial charge in [-0.3, -0.25) is 19.2 Å². The van der Waals surface area contributed by atoms with Crippen molar-refractivity contribution in [3.8, 4) is 0 Å². The molecule has 3 aliphatic rings. The predicted molar refractivity (Wildman–Crippen MR) is 214 cm³/mol. The average molecular weight is 768 g/mol. The molecule has 6 rings (SSSR count). The number of nitrogens with zero attached hydrogens (tertiary/aromatic N) is 1. The van der Waals surface area contributed by atoms with Gasteiger partial charge in [0.15, 0.2) is 0 Å². The monoisotopic (exact) mass is 767 g/mol. The Labute approximate surface area is 329 Å². The highest BCUT2D eigenvalue weighted by Crippen LogP contribution is 2.27. The molecule has 12 heteroatoms. The molecule has 3 fully saturated rings. The Hall–Kier alpha value is -4.78. The zero-order valence-electron chi connectivity index (χ0n) is 32.1. The molecule has 0 aromatic heterocycles. The fourth-order valence-corrected chi connectivity index (χ4v) is 8.85. The van der Waals surface area contributed by atoms with Crippen LogP contribution in [0.5, 0.6) is 0 Å². The van der Waals surface area contributed by atoms with E-state index in [4.69, 9.17) is 0 Å². The van der Waals surface area contributed by atoms with Crippen molar-refractivity contribution in [2.45, 2.75) is 51.5 Å². The fraction of sp³-hybridized carbons (Fsp3) is 0.500. The number of rotatable bonds is 20. The molecule has 3 saturated heterocycles. The standard InChI is InChI=1S/C44H57N5O7/c50-41(24-31-6-1-4-29(18-31)21-38(42(51)52)34-10-13-45-25-34)49(28-33-8-2-5-30(19-33)22-39(43(53)54)35-11-14-46-26-35)17-16-48-37-9-3-7-32(20-37)23-40(44(55)56)36-12-15-47-27-36/h1-9,18-20,34-36,38-40,45-48H,10-17,21-28H2,(H,51,52)(H,53,54)(H,55,56). The van der Waals surface area contributed by atoms with Gasteiger partial charge in [0, 0.05) is 25.3 Å². The van der Waals surface area contributed by atoms with Crippen LogP contribution >= 0.6 is 0 Å². The van der Waals surface area contributed by atoms with Crippen LogP contribution in [-0.4, -0.2) is 96.4 Å². The van der Waals surface area contributed by atoms with Crippen LogP contribution in [0.3, 0.4) is 0 Å². The molecular formula is C44H57N5O7. The largest absolute Gasteiger partial charge is 0.481 e. The number of amides is 1. The van der Waals surface area contributed by atoms with Gasteiger partial charge in [0.2, 0.25) is 5.91 Å². The number of carboxylic acid groups (broad SMARTS) is 3. The van der Waals surface area contributed by atoms with Crippen molar-refractivity contribution < 1.29 is 34.5 Å². The van der Waals surface area contributed by atoms with Gasteiger partial charge in [-0.05, 0) is 135 Å². The summed E-state index contributed by atoms with van der Waals surface area (Å²) >= 11 is 0. The Morgan fingerprint density at radius 1 is 0.607 bits per heavy atom. The van der Waals surface area contributed by atoms with E-state index in [0.29, 0.717) is 58.5 Å². The number of hydrogen-bond acceptors (Lipinski definition) is 8. The number of anilines is 1. The lowest BCUT2D eigenvalue weighted by atomic mass is 9.86. The van der Waals surface area contributed by atoms with E-state index >= 15 is 0 Å². The Kier molecular flexibility index (Phi) is 14.5. The molecule has 0 spiro atoms. The Morgan fingerprint density at radius 2 is 1.04 bits per heavy atom. The summed E-state index contributed by atoms with van der Waals surface area (Å²) in [6, 6.07) is 23.4. The highest BCUT2D eigenvalue weighted by Gasteiger charge is 2.33. The van der Waals surface area contributed by atoms with E-state index in [0.717, 1.165) is 72.4 Å². The molecule has 12 nitrogen and oxygen atoms in total. The predicted octanol–water partition coefficient (Wildman–Crippen LogP) is 3.93. The van der Waals surface area contributed by atoms with Crippen molar-refractivity contribution in [1.82, 2.24) is 20.9 Å². The average Bonchev–Trinajstić information content (AvgIpc) is 4.00. The maximum Gasteiger partial charge on any atom is 0.307 e. The molecule has 56 heavy (non-hydrogen) atoms. The molecule has 0 saturated carbocycles. The maximum atomic E-state index is 14.2. The molecule has 1 amide bonds. The van der Waals surface area contributed by atoms with E-state index in [9.17, 15) is 34.5 Å². The third kappa shape index (κ3) is 11.4. The summed E-state index contributed by atoms with van der Waals surface area (Å²) in [4.78, 5) is 52.6. The molecule has 300 valence electrons. The van der Waals surface area contributed by atoms with Crippen molar-refractivity contribution in [2.24, 2.45) is 35.5 Å². The minimum absolute atomic E-state index is 0.0704. The molecule has 3 aliphatic heterocycles. The lowest BCUT2D eigenvalue weighted by molar-refractivity contribution is -0.144. The fourth-order valence-electron chi connectivity index (χ4n) is 8.85. The van der Waals surface area contributed by atoms with Crippen molar-refractivity contribution in [1.29, 1.82) is 0 Å². The van der Waals surface area contributed by atoms with Crippen molar-refractivity contribution >= 4 is 29.5 Å². The van der Waals surface area contributed by atoms with Crippen LogP contribution in [0.15, 0.2) is 72.8 Å². The van der Waals surface area contributed by atoms with Gasteiger partial charge < -0.3 is 41.5 Å². The van der Waals surface area contributed by atoms with E-state index in [1.54, 1.807) is 0 Å². The van der Waals surface area contributed by atoms with E-state index in [-0.39, 0.29) is 30.1 Å². The van der Waals surface area contributed by atoms with E-state index in [2.05, 4.69) is 21.3 Å². The van der Waals surface area contributed by atoms with Crippen LogP contribution in [0.25, 0.3) is 0 Å². The first-order chi connectivity index (χ1) is 27.1. The normalized spacial score (nSPS) is 21.0. The number of carbonyl (C=O) groups is 4. The minimum atomic E-state index is -0.797. The van der Waals surface area contributed by atoms with Gasteiger partial charge in [0.1, 0.15) is 0 Å². The SMILES string of the molecule is O=C(O)C(Cc1cccc(CC(=O)N(CCNc2cccc(CC(C(=O)O)C3CCNC3)c2)Cc2cccc(CC(C(=O)O)C3CCNC3)c2)c1)C1CCNC1. The van der Waals surface area contributed by atoms with Gasteiger partial charge in [-0.15, -0.1) is 0 Å². The van der Waals surface area contributed by atoms with Crippen LogP contribution in [-0.2, 0) is 51.4 Å². The number of benzene rings is 3. The van der Waals surface area contributed by atoms with Crippen LogP contribution in [0.4, 0.5) is 5.69 Å². The smallest absolute Gasteiger partial charge is 0.307 e. The van der Waals surface area contributed by atoms with Crippen molar-refractivity contribution in [3.05, 3.63) is 101 Å². The summed E-state index contributed by atoms with van der Waals surface area (Å²) in [6.07, 6.45) is 3.94. The van der Waals surface area contributed by atoms with Gasteiger partial charge in [-0.1, -0.05) is 60.7 Å². The van der Waals surface area contributed by atoms with Gasteiger partial charge >= 0.3 is 17.9 Å². The van der Waals surface area contributed by atoms with Crippen molar-refractivity contribution in [3.63, 3.8) is 0 Å². The second kappa shape index (κ2) is 19.9. The van der Waals surface area contributed by atoms with E-state index in [1.165, 1.54) is 0 Å². The van der Waals surface area contributed by atoms with Crippen LogP contribution in [0, 0.1) is 35.5 Å². The van der Waals surface area contributed by atoms with Crippen molar-refractivity contribution in [2.75, 3.05) is 57.7 Å². The first kappa shape index (κ1) is 40.9. The lowest BCUT2D eigenvalue weighted by Gasteiger charge is -2.25. The summed E-state index contributed by atoms with van der Waals surface area (Å²) in [5, 5.41) is 43.3. The first-order valence-corrected chi connectivity index (χ1v) is 20.2. The van der Waals surface area contributed by atoms with E-state index < -0.39 is 35.7 Å². The summed E-state index contributed by atoms with van der Waals surface area (Å²) in [5.74, 6) is -3.64. The van der Waals surface area contributed by atoms with Crippen LogP contribution in [0.1, 0.15) is 47.1 Å². The summed E-state index contributed by atoms with van der Waals surface area (Å²) < 4.78 is 0. The molecule has 6 atom stereocenters. The number of hydrogen-bond donors (Lipinski definition) is 7. The molecule has 3 heterocycles. The Balaban J connectivity index is 1.15. The van der Waals surface area contributed by atoms with Gasteiger partial charge in [-0.25, -0.2) is 0 Å². The summed E-state index contributed by atoms with van der Waals surface area (Å²) in [6.45, 7) is 5.77. The second-order valence-corrected chi connectivity index (χ2v) is 16.0. The molecule has 3 aromatic rings. The Bertz CT molecular complexity index is 1800. The highest BCUT2D eigenvalue weighted by molar-refractivity contribution is 5.79. The number of nitrogens with one attached hydrogen (secondary N) is 4. The zero-order chi connectivity index (χ0) is 39.4.